The molecule has 6 heteroatoms. The number of carbonyl (C=O) groups excluding carboxylic acids is 1. The van der Waals surface area contributed by atoms with Crippen LogP contribution >= 0.6 is 0 Å². The van der Waals surface area contributed by atoms with Crippen LogP contribution in [-0.2, 0) is 9.63 Å². The minimum Gasteiger partial charge on any atom is -0.386 e. The second kappa shape index (κ2) is 7.24. The molecule has 6 nitrogen and oxygen atoms in total. The van der Waals surface area contributed by atoms with E-state index in [2.05, 4.69) is 20.4 Å². The topological polar surface area (TPSA) is 79.4 Å². The highest BCUT2D eigenvalue weighted by molar-refractivity contribution is 6.17. The summed E-state index contributed by atoms with van der Waals surface area (Å²) in [5.74, 6) is -0.423. The standard InChI is InChI=1S/C23H18N4O2/c28-22(26-23-24-17-13-7-8-14-18(17)25-23)19-20(15-9-3-1-4-10-15)27-29-21(19)16-11-5-2-6-12-16/h1-14,19,21H,(H2,24,25,26,28). The molecule has 0 radical (unpaired) electrons. The van der Waals surface area contributed by atoms with Crippen LogP contribution in [0.2, 0.25) is 0 Å². The summed E-state index contributed by atoms with van der Waals surface area (Å²) in [6.45, 7) is 0. The van der Waals surface area contributed by atoms with E-state index < -0.39 is 12.0 Å². The number of carbonyl (C=O) groups is 1. The van der Waals surface area contributed by atoms with Crippen LogP contribution in [0.1, 0.15) is 17.2 Å². The van der Waals surface area contributed by atoms with Crippen LogP contribution in [-0.4, -0.2) is 21.6 Å². The summed E-state index contributed by atoms with van der Waals surface area (Å²) in [5, 5.41) is 7.18. The lowest BCUT2D eigenvalue weighted by molar-refractivity contribution is -0.120. The molecule has 2 heterocycles. The van der Waals surface area contributed by atoms with Gasteiger partial charge in [0.2, 0.25) is 11.9 Å². The highest BCUT2D eigenvalue weighted by Gasteiger charge is 2.41. The monoisotopic (exact) mass is 382 g/mol. The van der Waals surface area contributed by atoms with E-state index >= 15 is 0 Å². The van der Waals surface area contributed by atoms with Crippen molar-refractivity contribution >= 4 is 28.6 Å². The molecule has 1 aliphatic heterocycles. The second-order valence-corrected chi connectivity index (χ2v) is 6.85. The molecular formula is C23H18N4O2. The molecular weight excluding hydrogens is 364 g/mol. The van der Waals surface area contributed by atoms with Gasteiger partial charge in [-0.2, -0.15) is 0 Å². The van der Waals surface area contributed by atoms with Crippen molar-refractivity contribution in [2.24, 2.45) is 11.1 Å². The number of rotatable bonds is 4. The molecule has 4 aromatic rings. The maximum Gasteiger partial charge on any atom is 0.240 e. The van der Waals surface area contributed by atoms with Gasteiger partial charge in [-0.25, -0.2) is 4.98 Å². The molecule has 29 heavy (non-hydrogen) atoms. The van der Waals surface area contributed by atoms with E-state index in [1.54, 1.807) is 0 Å². The number of H-pyrrole nitrogens is 1. The molecule has 0 saturated heterocycles. The van der Waals surface area contributed by atoms with E-state index in [1.165, 1.54) is 0 Å². The van der Waals surface area contributed by atoms with Gasteiger partial charge in [-0.3, -0.25) is 10.1 Å². The molecule has 0 fully saturated rings. The zero-order valence-corrected chi connectivity index (χ0v) is 15.4. The van der Waals surface area contributed by atoms with Crippen molar-refractivity contribution in [1.29, 1.82) is 0 Å². The van der Waals surface area contributed by atoms with Gasteiger partial charge in [0.1, 0.15) is 11.6 Å². The Balaban J connectivity index is 1.49. The SMILES string of the molecule is O=C(Nc1nc2ccccc2[nH]1)C1C(c2ccccc2)=NOC1c1ccccc1. The lowest BCUT2D eigenvalue weighted by atomic mass is 9.88. The van der Waals surface area contributed by atoms with Crippen LogP contribution < -0.4 is 5.32 Å². The summed E-state index contributed by atoms with van der Waals surface area (Å²) in [7, 11) is 0. The predicted octanol–water partition coefficient (Wildman–Crippen LogP) is 4.29. The Bertz CT molecular complexity index is 1150. The number of fused-ring (bicyclic) bond motifs is 1. The molecule has 0 spiro atoms. The fraction of sp³-hybridized carbons (Fsp3) is 0.0870. The Labute approximate surface area is 167 Å². The van der Waals surface area contributed by atoms with Gasteiger partial charge in [-0.05, 0) is 17.7 Å². The molecule has 1 aliphatic rings. The number of amides is 1. The van der Waals surface area contributed by atoms with Crippen molar-refractivity contribution in [3.05, 3.63) is 96.1 Å². The third kappa shape index (κ3) is 3.25. The minimum atomic E-state index is -0.604. The third-order valence-electron chi connectivity index (χ3n) is 4.97. The van der Waals surface area contributed by atoms with Gasteiger partial charge in [0.15, 0.2) is 6.10 Å². The predicted molar refractivity (Wildman–Crippen MR) is 111 cm³/mol. The van der Waals surface area contributed by atoms with Crippen LogP contribution in [0, 0.1) is 5.92 Å². The van der Waals surface area contributed by atoms with Gasteiger partial charge in [0.05, 0.1) is 11.0 Å². The molecule has 2 unspecified atom stereocenters. The normalized spacial score (nSPS) is 18.3. The zero-order valence-electron chi connectivity index (χ0n) is 15.4. The van der Waals surface area contributed by atoms with Gasteiger partial charge in [-0.15, -0.1) is 0 Å². The van der Waals surface area contributed by atoms with Gasteiger partial charge in [0, 0.05) is 5.56 Å². The Hall–Kier alpha value is -3.93. The summed E-state index contributed by atoms with van der Waals surface area (Å²) >= 11 is 0. The summed E-state index contributed by atoms with van der Waals surface area (Å²) in [6, 6.07) is 26.9. The molecule has 5 rings (SSSR count). The van der Waals surface area contributed by atoms with E-state index in [-0.39, 0.29) is 5.91 Å². The fourth-order valence-corrected chi connectivity index (χ4v) is 3.58. The van der Waals surface area contributed by atoms with E-state index in [4.69, 9.17) is 4.84 Å². The van der Waals surface area contributed by atoms with Crippen LogP contribution in [0.15, 0.2) is 90.1 Å². The Morgan fingerprint density at radius 1 is 0.897 bits per heavy atom. The number of aromatic amines is 1. The summed E-state index contributed by atoms with van der Waals surface area (Å²) < 4.78 is 0. The van der Waals surface area contributed by atoms with Crippen LogP contribution in [0.3, 0.4) is 0 Å². The molecule has 1 aromatic heterocycles. The first-order valence-corrected chi connectivity index (χ1v) is 9.39. The largest absolute Gasteiger partial charge is 0.386 e. The number of benzene rings is 3. The van der Waals surface area contributed by atoms with Crippen molar-refractivity contribution < 1.29 is 9.63 Å². The van der Waals surface area contributed by atoms with Gasteiger partial charge >= 0.3 is 0 Å². The lowest BCUT2D eigenvalue weighted by Crippen LogP contribution is -2.32. The molecule has 2 atom stereocenters. The van der Waals surface area contributed by atoms with Crippen molar-refractivity contribution in [3.8, 4) is 0 Å². The minimum absolute atomic E-state index is 0.224. The summed E-state index contributed by atoms with van der Waals surface area (Å²) in [4.78, 5) is 26.6. The van der Waals surface area contributed by atoms with E-state index in [1.807, 2.05) is 84.9 Å². The van der Waals surface area contributed by atoms with Gasteiger partial charge < -0.3 is 9.82 Å². The summed E-state index contributed by atoms with van der Waals surface area (Å²) in [5.41, 5.74) is 4.01. The van der Waals surface area contributed by atoms with Crippen molar-refractivity contribution in [2.45, 2.75) is 6.10 Å². The van der Waals surface area contributed by atoms with Crippen molar-refractivity contribution in [1.82, 2.24) is 9.97 Å². The smallest absolute Gasteiger partial charge is 0.240 e. The lowest BCUT2D eigenvalue weighted by Gasteiger charge is -2.18. The maximum absolute atomic E-state index is 13.3. The number of para-hydroxylation sites is 2. The number of imidazole rings is 1. The number of nitrogens with zero attached hydrogens (tertiary/aromatic N) is 2. The fourth-order valence-electron chi connectivity index (χ4n) is 3.58. The number of hydrogen-bond acceptors (Lipinski definition) is 4. The second-order valence-electron chi connectivity index (χ2n) is 6.85. The average molecular weight is 382 g/mol. The van der Waals surface area contributed by atoms with E-state index in [0.717, 1.165) is 22.2 Å². The quantitative estimate of drug-likeness (QED) is 0.552. The van der Waals surface area contributed by atoms with E-state index in [0.29, 0.717) is 11.7 Å². The van der Waals surface area contributed by atoms with Gasteiger partial charge in [-0.1, -0.05) is 78.0 Å². The third-order valence-corrected chi connectivity index (χ3v) is 4.97. The Kier molecular flexibility index (Phi) is 4.29. The molecule has 0 saturated carbocycles. The highest BCUT2D eigenvalue weighted by atomic mass is 16.6. The number of hydrogen-bond donors (Lipinski definition) is 2. The van der Waals surface area contributed by atoms with Crippen LogP contribution in [0.5, 0.6) is 0 Å². The van der Waals surface area contributed by atoms with E-state index in [9.17, 15) is 4.79 Å². The molecule has 142 valence electrons. The molecule has 0 bridgehead atoms. The number of nitrogens with one attached hydrogen (secondary N) is 2. The molecule has 2 N–H and O–H groups in total. The highest BCUT2D eigenvalue weighted by Crippen LogP contribution is 2.35. The molecule has 0 aliphatic carbocycles. The first-order chi connectivity index (χ1) is 14.3. The first kappa shape index (κ1) is 17.2. The number of aromatic nitrogens is 2. The summed E-state index contributed by atoms with van der Waals surface area (Å²) in [6.07, 6.45) is -0.504. The number of oxime groups is 1. The van der Waals surface area contributed by atoms with Gasteiger partial charge in [0.25, 0.3) is 0 Å². The average Bonchev–Trinajstić information content (AvgIpc) is 3.39. The Morgan fingerprint density at radius 3 is 2.34 bits per heavy atom. The number of anilines is 1. The molecule has 3 aromatic carbocycles. The van der Waals surface area contributed by atoms with Crippen molar-refractivity contribution in [2.75, 3.05) is 5.32 Å². The van der Waals surface area contributed by atoms with Crippen LogP contribution in [0.4, 0.5) is 5.95 Å². The molecule has 1 amide bonds. The Morgan fingerprint density at radius 2 is 1.59 bits per heavy atom. The first-order valence-electron chi connectivity index (χ1n) is 9.39. The maximum atomic E-state index is 13.3. The van der Waals surface area contributed by atoms with Crippen LogP contribution in [0.25, 0.3) is 11.0 Å². The van der Waals surface area contributed by atoms with Crippen molar-refractivity contribution in [3.63, 3.8) is 0 Å². The zero-order chi connectivity index (χ0) is 19.6.